The lowest BCUT2D eigenvalue weighted by Gasteiger charge is -2.32. The first-order valence-electron chi connectivity index (χ1n) is 11.3. The molecule has 9 nitrogen and oxygen atoms in total. The van der Waals surface area contributed by atoms with Crippen molar-refractivity contribution in [2.24, 2.45) is 0 Å². The van der Waals surface area contributed by atoms with Gasteiger partial charge in [0.1, 0.15) is 0 Å². The van der Waals surface area contributed by atoms with Crippen LogP contribution in [0.5, 0.6) is 0 Å². The van der Waals surface area contributed by atoms with Gasteiger partial charge >= 0.3 is 0 Å². The van der Waals surface area contributed by atoms with Crippen molar-refractivity contribution in [1.29, 1.82) is 0 Å². The lowest BCUT2D eigenvalue weighted by atomic mass is 10.0. The second-order valence-electron chi connectivity index (χ2n) is 8.18. The van der Waals surface area contributed by atoms with Crippen molar-refractivity contribution < 1.29 is 24.3 Å². The van der Waals surface area contributed by atoms with Crippen molar-refractivity contribution in [3.63, 3.8) is 0 Å². The second-order valence-corrected chi connectivity index (χ2v) is 8.18. The van der Waals surface area contributed by atoms with Gasteiger partial charge in [-0.05, 0) is 48.9 Å². The SMILES string of the molecule is CNC(=O)C(C(=O)NO)N(C)C(=O)c1ccc(C#Cc2ccc(C(C)N3CCOCC3)cc2)cc1. The first kappa shape index (κ1) is 25.9. The Hall–Kier alpha value is -3.71. The summed E-state index contributed by atoms with van der Waals surface area (Å²) in [6.07, 6.45) is 0. The van der Waals surface area contributed by atoms with Crippen molar-refractivity contribution >= 4 is 17.7 Å². The summed E-state index contributed by atoms with van der Waals surface area (Å²) in [4.78, 5) is 40.0. The fraction of sp³-hybridized carbons (Fsp3) is 0.346. The van der Waals surface area contributed by atoms with Crippen LogP contribution >= 0.6 is 0 Å². The van der Waals surface area contributed by atoms with E-state index in [1.807, 2.05) is 12.1 Å². The molecule has 2 unspecified atom stereocenters. The summed E-state index contributed by atoms with van der Waals surface area (Å²) in [5, 5.41) is 11.2. The van der Waals surface area contributed by atoms with Gasteiger partial charge in [-0.25, -0.2) is 5.48 Å². The smallest absolute Gasteiger partial charge is 0.275 e. The molecule has 0 spiro atoms. The number of carbonyl (C=O) groups is 3. The molecule has 35 heavy (non-hydrogen) atoms. The van der Waals surface area contributed by atoms with Crippen LogP contribution in [0.3, 0.4) is 0 Å². The third kappa shape index (κ3) is 6.45. The fourth-order valence-electron chi connectivity index (χ4n) is 3.85. The number of hydrogen-bond acceptors (Lipinski definition) is 6. The minimum atomic E-state index is -1.51. The van der Waals surface area contributed by atoms with Gasteiger partial charge in [0.25, 0.3) is 17.7 Å². The van der Waals surface area contributed by atoms with Crippen molar-refractivity contribution in [2.45, 2.75) is 19.0 Å². The van der Waals surface area contributed by atoms with Crippen LogP contribution in [-0.2, 0) is 14.3 Å². The molecule has 1 heterocycles. The fourth-order valence-corrected chi connectivity index (χ4v) is 3.85. The molecular weight excluding hydrogens is 448 g/mol. The molecule has 0 bridgehead atoms. The molecule has 2 aromatic carbocycles. The number of ether oxygens (including phenoxy) is 1. The molecule has 1 aliphatic rings. The molecule has 1 saturated heterocycles. The second kappa shape index (κ2) is 12.1. The van der Waals surface area contributed by atoms with Crippen LogP contribution in [0, 0.1) is 11.8 Å². The molecule has 1 aliphatic heterocycles. The summed E-state index contributed by atoms with van der Waals surface area (Å²) >= 11 is 0. The van der Waals surface area contributed by atoms with E-state index in [4.69, 9.17) is 9.94 Å². The molecule has 3 N–H and O–H groups in total. The van der Waals surface area contributed by atoms with E-state index in [-0.39, 0.29) is 5.56 Å². The topological polar surface area (TPSA) is 111 Å². The zero-order valence-electron chi connectivity index (χ0n) is 20.1. The zero-order valence-corrected chi connectivity index (χ0v) is 20.1. The Morgan fingerprint density at radius 1 is 0.971 bits per heavy atom. The lowest BCUT2D eigenvalue weighted by Crippen LogP contribution is -2.54. The quantitative estimate of drug-likeness (QED) is 0.249. The maximum Gasteiger partial charge on any atom is 0.275 e. The van der Waals surface area contributed by atoms with E-state index in [1.54, 1.807) is 24.3 Å². The first-order valence-corrected chi connectivity index (χ1v) is 11.3. The maximum absolute atomic E-state index is 12.8. The molecule has 2 atom stereocenters. The van der Waals surface area contributed by atoms with Gasteiger partial charge in [0.15, 0.2) is 6.04 Å². The normalized spacial score (nSPS) is 15.2. The molecule has 184 valence electrons. The molecule has 3 amide bonds. The van der Waals surface area contributed by atoms with Gasteiger partial charge in [-0.15, -0.1) is 0 Å². The monoisotopic (exact) mass is 478 g/mol. The molecule has 3 rings (SSSR count). The summed E-state index contributed by atoms with van der Waals surface area (Å²) in [6.45, 7) is 5.58. The summed E-state index contributed by atoms with van der Waals surface area (Å²) < 4.78 is 5.43. The summed E-state index contributed by atoms with van der Waals surface area (Å²) in [5.41, 5.74) is 4.52. The Labute approximate surface area is 205 Å². The first-order chi connectivity index (χ1) is 16.8. The Balaban J connectivity index is 1.66. The molecular formula is C26H30N4O5. The predicted octanol–water partition coefficient (Wildman–Crippen LogP) is 1.17. The maximum atomic E-state index is 12.8. The number of morpholine rings is 1. The van der Waals surface area contributed by atoms with E-state index >= 15 is 0 Å². The van der Waals surface area contributed by atoms with Crippen molar-refractivity contribution in [2.75, 3.05) is 40.4 Å². The van der Waals surface area contributed by atoms with Crippen molar-refractivity contribution in [3.8, 4) is 11.8 Å². The Morgan fingerprint density at radius 2 is 1.51 bits per heavy atom. The number of carbonyl (C=O) groups excluding carboxylic acids is 3. The molecule has 0 saturated carbocycles. The average molecular weight is 479 g/mol. The van der Waals surface area contributed by atoms with Crippen LogP contribution in [0.2, 0.25) is 0 Å². The van der Waals surface area contributed by atoms with Gasteiger partial charge in [-0.1, -0.05) is 24.0 Å². The third-order valence-corrected chi connectivity index (χ3v) is 6.03. The van der Waals surface area contributed by atoms with E-state index < -0.39 is 23.8 Å². The molecule has 0 radical (unpaired) electrons. The van der Waals surface area contributed by atoms with Crippen LogP contribution in [-0.4, -0.2) is 79.2 Å². The number of amides is 3. The average Bonchev–Trinajstić information content (AvgIpc) is 2.91. The Morgan fingerprint density at radius 3 is 2.03 bits per heavy atom. The van der Waals surface area contributed by atoms with Gasteiger partial charge in [-0.3, -0.25) is 24.5 Å². The molecule has 2 aromatic rings. The van der Waals surface area contributed by atoms with Gasteiger partial charge in [-0.2, -0.15) is 0 Å². The minimum absolute atomic E-state index is 0.277. The number of benzene rings is 2. The summed E-state index contributed by atoms with van der Waals surface area (Å²) in [5.74, 6) is 3.93. The lowest BCUT2D eigenvalue weighted by molar-refractivity contribution is -0.140. The largest absolute Gasteiger partial charge is 0.379 e. The highest BCUT2D eigenvalue weighted by atomic mass is 16.5. The van der Waals surface area contributed by atoms with Gasteiger partial charge in [0, 0.05) is 49.9 Å². The Kier molecular flexibility index (Phi) is 8.98. The van der Waals surface area contributed by atoms with Crippen LogP contribution in [0.1, 0.15) is 40.0 Å². The number of rotatable bonds is 6. The third-order valence-electron chi connectivity index (χ3n) is 6.03. The summed E-state index contributed by atoms with van der Waals surface area (Å²) in [7, 11) is 2.65. The highest BCUT2D eigenvalue weighted by molar-refractivity contribution is 6.08. The highest BCUT2D eigenvalue weighted by Crippen LogP contribution is 2.21. The number of hydroxylamine groups is 1. The predicted molar refractivity (Wildman–Crippen MR) is 130 cm³/mol. The van der Waals surface area contributed by atoms with Crippen molar-refractivity contribution in [1.82, 2.24) is 20.6 Å². The van der Waals surface area contributed by atoms with Crippen molar-refractivity contribution in [3.05, 3.63) is 70.8 Å². The molecule has 0 aromatic heterocycles. The van der Waals surface area contributed by atoms with Crippen LogP contribution in [0.25, 0.3) is 0 Å². The van der Waals surface area contributed by atoms with Gasteiger partial charge < -0.3 is 15.0 Å². The Bertz CT molecular complexity index is 1080. The van der Waals surface area contributed by atoms with Crippen LogP contribution in [0.15, 0.2) is 48.5 Å². The van der Waals surface area contributed by atoms with Crippen LogP contribution in [0.4, 0.5) is 0 Å². The van der Waals surface area contributed by atoms with Crippen LogP contribution < -0.4 is 10.8 Å². The van der Waals surface area contributed by atoms with E-state index in [0.717, 1.165) is 36.8 Å². The van der Waals surface area contributed by atoms with Gasteiger partial charge in [0.2, 0.25) is 0 Å². The number of nitrogens with one attached hydrogen (secondary N) is 2. The van der Waals surface area contributed by atoms with E-state index in [2.05, 4.69) is 41.1 Å². The molecule has 0 aliphatic carbocycles. The number of likely N-dealkylation sites (N-methyl/N-ethyl adjacent to an activating group) is 2. The number of nitrogens with zero attached hydrogens (tertiary/aromatic N) is 2. The zero-order chi connectivity index (χ0) is 25.4. The highest BCUT2D eigenvalue weighted by Gasteiger charge is 2.33. The molecule has 9 heteroatoms. The van der Waals surface area contributed by atoms with E-state index in [9.17, 15) is 14.4 Å². The standard InChI is InChI=1S/C26H30N4O5/c1-18(30-14-16-35-17-15-30)21-10-6-19(7-11-21)4-5-20-8-12-22(13-9-20)26(33)29(3)23(24(31)27-2)25(32)28-34/h6-13,18,23,34H,14-17H2,1-3H3,(H,27,31)(H,28,32). The van der Waals surface area contributed by atoms with E-state index in [1.165, 1.54) is 25.1 Å². The van der Waals surface area contributed by atoms with Gasteiger partial charge in [0.05, 0.1) is 13.2 Å². The minimum Gasteiger partial charge on any atom is -0.379 e. The molecule has 1 fully saturated rings. The number of hydrogen-bond donors (Lipinski definition) is 3. The summed E-state index contributed by atoms with van der Waals surface area (Å²) in [6, 6.07) is 13.5. The van der Waals surface area contributed by atoms with E-state index in [0.29, 0.717) is 11.6 Å².